The Morgan fingerprint density at radius 3 is 2.96 bits per heavy atom. The largest absolute Gasteiger partial charge is 0.369 e. The van der Waals surface area contributed by atoms with Crippen LogP contribution in [0.15, 0.2) is 18.5 Å². The van der Waals surface area contributed by atoms with Crippen LogP contribution in [-0.2, 0) is 9.63 Å². The number of hydrogen-bond donors (Lipinski definition) is 1. The van der Waals surface area contributed by atoms with Gasteiger partial charge in [-0.15, -0.1) is 5.06 Å². The quantitative estimate of drug-likeness (QED) is 0.913. The van der Waals surface area contributed by atoms with Gasteiger partial charge in [-0.2, -0.15) is 0 Å². The first-order chi connectivity index (χ1) is 10.9. The molecule has 1 atom stereocenters. The first kappa shape index (κ1) is 15.7. The molecule has 0 bridgehead atoms. The summed E-state index contributed by atoms with van der Waals surface area (Å²) in [7, 11) is 0. The number of piperidine rings is 1. The average Bonchev–Trinajstić information content (AvgIpc) is 2.82. The molecule has 1 fully saturated rings. The highest BCUT2D eigenvalue weighted by atomic mass is 16.7. The van der Waals surface area contributed by atoms with E-state index < -0.39 is 5.41 Å². The molecule has 2 aromatic rings. The van der Waals surface area contributed by atoms with Crippen LogP contribution in [0.4, 0.5) is 5.95 Å². The number of fused-ring (bicyclic) bond motifs is 1. The lowest BCUT2D eigenvalue weighted by Gasteiger charge is -2.33. The fourth-order valence-corrected chi connectivity index (χ4v) is 2.81. The zero-order valence-corrected chi connectivity index (χ0v) is 13.8. The first-order valence-electron chi connectivity index (χ1n) is 7.91. The molecule has 2 N–H and O–H groups in total. The molecule has 7 nitrogen and oxygen atoms in total. The lowest BCUT2D eigenvalue weighted by atomic mass is 9.98. The number of hydroxylamine groups is 2. The number of nitrogen functional groups attached to an aromatic ring is 1. The van der Waals surface area contributed by atoms with Crippen molar-refractivity contribution in [2.45, 2.75) is 39.7 Å². The van der Waals surface area contributed by atoms with Crippen LogP contribution in [0.5, 0.6) is 0 Å². The summed E-state index contributed by atoms with van der Waals surface area (Å²) in [6.45, 7) is 6.90. The van der Waals surface area contributed by atoms with Crippen LogP contribution in [-0.4, -0.2) is 38.7 Å². The van der Waals surface area contributed by atoms with Crippen molar-refractivity contribution in [1.82, 2.24) is 19.6 Å². The van der Waals surface area contributed by atoms with E-state index in [9.17, 15) is 4.79 Å². The predicted octanol–water partition coefficient (Wildman–Crippen LogP) is 2.15. The molecule has 3 rings (SSSR count). The highest BCUT2D eigenvalue weighted by molar-refractivity contribution is 5.77. The zero-order valence-electron chi connectivity index (χ0n) is 13.8. The third kappa shape index (κ3) is 3.14. The van der Waals surface area contributed by atoms with Gasteiger partial charge in [-0.25, -0.2) is 9.78 Å². The number of aromatic nitrogens is 3. The Hall–Kier alpha value is -2.15. The van der Waals surface area contributed by atoms with Gasteiger partial charge in [0.1, 0.15) is 0 Å². The Labute approximate surface area is 135 Å². The second-order valence-corrected chi connectivity index (χ2v) is 7.02. The molecule has 0 amide bonds. The van der Waals surface area contributed by atoms with E-state index in [1.54, 1.807) is 17.5 Å². The molecule has 1 unspecified atom stereocenters. The molecule has 0 spiro atoms. The molecular weight excluding hydrogens is 294 g/mol. The van der Waals surface area contributed by atoms with E-state index in [-0.39, 0.29) is 12.0 Å². The van der Waals surface area contributed by atoms with Gasteiger partial charge in [0.25, 0.3) is 0 Å². The summed E-state index contributed by atoms with van der Waals surface area (Å²) in [6.07, 6.45) is 5.38. The van der Waals surface area contributed by atoms with E-state index in [1.165, 1.54) is 0 Å². The van der Waals surface area contributed by atoms with Crippen LogP contribution in [0.2, 0.25) is 0 Å². The topological polar surface area (TPSA) is 86.3 Å². The predicted molar refractivity (Wildman–Crippen MR) is 87.3 cm³/mol. The van der Waals surface area contributed by atoms with Crippen molar-refractivity contribution in [3.63, 3.8) is 0 Å². The Kier molecular flexibility index (Phi) is 3.97. The van der Waals surface area contributed by atoms with Crippen molar-refractivity contribution in [3.05, 3.63) is 18.5 Å². The Morgan fingerprint density at radius 2 is 2.22 bits per heavy atom. The van der Waals surface area contributed by atoms with Crippen LogP contribution in [0.3, 0.4) is 0 Å². The summed E-state index contributed by atoms with van der Waals surface area (Å²) in [5, 5.41) is 1.74. The minimum absolute atomic E-state index is 0.116. The van der Waals surface area contributed by atoms with E-state index >= 15 is 0 Å². The van der Waals surface area contributed by atoms with Crippen molar-refractivity contribution < 1.29 is 9.63 Å². The van der Waals surface area contributed by atoms with Crippen LogP contribution < -0.4 is 5.73 Å². The second-order valence-electron chi connectivity index (χ2n) is 7.02. The van der Waals surface area contributed by atoms with E-state index in [2.05, 4.69) is 9.97 Å². The molecule has 3 heterocycles. The molecule has 2 aromatic heterocycles. The summed E-state index contributed by atoms with van der Waals surface area (Å²) in [5.41, 5.74) is 7.33. The molecule has 7 heteroatoms. The van der Waals surface area contributed by atoms with Crippen molar-refractivity contribution in [3.8, 4) is 0 Å². The number of pyridine rings is 1. The standard InChI is InChI=1S/C16H23N5O2/c1-16(2,3)14(22)23-20-8-4-5-11(10-20)21-13-9-18-7-6-12(13)19-15(21)17/h6-7,9,11H,4-5,8,10H2,1-3H3,(H2,17,19). The van der Waals surface area contributed by atoms with Gasteiger partial charge in [-0.1, -0.05) is 0 Å². The van der Waals surface area contributed by atoms with Crippen molar-refractivity contribution in [2.75, 3.05) is 18.8 Å². The van der Waals surface area contributed by atoms with Gasteiger partial charge in [0.15, 0.2) is 0 Å². The van der Waals surface area contributed by atoms with Crippen LogP contribution in [0.1, 0.15) is 39.7 Å². The van der Waals surface area contributed by atoms with Crippen molar-refractivity contribution in [2.24, 2.45) is 5.41 Å². The van der Waals surface area contributed by atoms with Crippen LogP contribution >= 0.6 is 0 Å². The highest BCUT2D eigenvalue weighted by Crippen LogP contribution is 2.29. The molecule has 1 aliphatic heterocycles. The smallest absolute Gasteiger partial charge is 0.330 e. The van der Waals surface area contributed by atoms with Gasteiger partial charge >= 0.3 is 5.97 Å². The number of carbonyl (C=O) groups excluding carboxylic acids is 1. The summed E-state index contributed by atoms with van der Waals surface area (Å²) in [5.74, 6) is 0.255. The lowest BCUT2D eigenvalue weighted by Crippen LogP contribution is -2.40. The molecule has 0 saturated carbocycles. The van der Waals surface area contributed by atoms with Gasteiger partial charge in [0.05, 0.1) is 35.2 Å². The molecule has 23 heavy (non-hydrogen) atoms. The summed E-state index contributed by atoms with van der Waals surface area (Å²) >= 11 is 0. The van der Waals surface area contributed by atoms with Crippen molar-refractivity contribution >= 4 is 23.0 Å². The number of rotatable bonds is 2. The lowest BCUT2D eigenvalue weighted by molar-refractivity contribution is -0.206. The SMILES string of the molecule is CC(C)(C)C(=O)ON1CCCC(n2c(N)nc3ccncc32)C1. The summed E-state index contributed by atoms with van der Waals surface area (Å²) in [6, 6.07) is 1.97. The van der Waals surface area contributed by atoms with Gasteiger partial charge in [0, 0.05) is 12.7 Å². The van der Waals surface area contributed by atoms with Gasteiger partial charge in [-0.3, -0.25) is 4.98 Å². The number of anilines is 1. The molecule has 0 aromatic carbocycles. The number of nitrogens with zero attached hydrogens (tertiary/aromatic N) is 4. The van der Waals surface area contributed by atoms with Crippen LogP contribution in [0.25, 0.3) is 11.0 Å². The monoisotopic (exact) mass is 317 g/mol. The molecule has 124 valence electrons. The van der Waals surface area contributed by atoms with Gasteiger partial charge in [0.2, 0.25) is 5.95 Å². The minimum atomic E-state index is -0.516. The van der Waals surface area contributed by atoms with Gasteiger partial charge in [-0.05, 0) is 39.7 Å². The molecule has 0 aliphatic carbocycles. The third-order valence-corrected chi connectivity index (χ3v) is 4.07. The Balaban J connectivity index is 1.81. The second kappa shape index (κ2) is 5.81. The average molecular weight is 317 g/mol. The maximum atomic E-state index is 12.1. The van der Waals surface area contributed by atoms with E-state index in [0.29, 0.717) is 12.5 Å². The van der Waals surface area contributed by atoms with E-state index in [1.807, 2.05) is 31.4 Å². The molecule has 1 saturated heterocycles. The highest BCUT2D eigenvalue weighted by Gasteiger charge is 2.30. The Morgan fingerprint density at radius 1 is 1.43 bits per heavy atom. The summed E-state index contributed by atoms with van der Waals surface area (Å²) in [4.78, 5) is 26.2. The van der Waals surface area contributed by atoms with Gasteiger partial charge < -0.3 is 15.1 Å². The normalized spacial score (nSPS) is 19.9. The van der Waals surface area contributed by atoms with E-state index in [0.717, 1.165) is 30.4 Å². The van der Waals surface area contributed by atoms with Crippen LogP contribution in [0, 0.1) is 5.41 Å². The number of nitrogens with two attached hydrogens (primary N) is 1. The Bertz CT molecular complexity index is 719. The van der Waals surface area contributed by atoms with Crippen molar-refractivity contribution in [1.29, 1.82) is 0 Å². The molecule has 1 aliphatic rings. The fraction of sp³-hybridized carbons (Fsp3) is 0.562. The zero-order chi connectivity index (χ0) is 16.6. The fourth-order valence-electron chi connectivity index (χ4n) is 2.81. The first-order valence-corrected chi connectivity index (χ1v) is 7.91. The number of imidazole rings is 1. The minimum Gasteiger partial charge on any atom is -0.369 e. The third-order valence-electron chi connectivity index (χ3n) is 4.07. The summed E-state index contributed by atoms with van der Waals surface area (Å²) < 4.78 is 2.00. The molecular formula is C16H23N5O2. The number of carbonyl (C=O) groups is 1. The maximum absolute atomic E-state index is 12.1. The molecule has 0 radical (unpaired) electrons. The number of hydrogen-bond acceptors (Lipinski definition) is 6. The van der Waals surface area contributed by atoms with E-state index in [4.69, 9.17) is 10.6 Å². The maximum Gasteiger partial charge on any atom is 0.330 e.